The van der Waals surface area contributed by atoms with E-state index in [2.05, 4.69) is 21.2 Å². The topological polar surface area (TPSA) is 38.3 Å². The molecule has 0 radical (unpaired) electrons. The Kier molecular flexibility index (Phi) is 5.98. The molecular weight excluding hydrogens is 412 g/mol. The van der Waals surface area contributed by atoms with E-state index in [4.69, 9.17) is 39.5 Å². The lowest BCUT2D eigenvalue weighted by atomic mass is 10.2. The summed E-state index contributed by atoms with van der Waals surface area (Å²) in [6.07, 6.45) is 0. The molecule has 0 spiro atoms. The molecule has 0 aromatic heterocycles. The summed E-state index contributed by atoms with van der Waals surface area (Å²) < 4.78 is 6.32. The zero-order chi connectivity index (χ0) is 16.3. The van der Waals surface area contributed by atoms with Crippen molar-refractivity contribution in [2.75, 3.05) is 11.9 Å². The molecule has 1 N–H and O–H groups in total. The van der Waals surface area contributed by atoms with Crippen LogP contribution in [0.25, 0.3) is 0 Å². The molecule has 7 heteroatoms. The van der Waals surface area contributed by atoms with Crippen LogP contribution < -0.4 is 10.1 Å². The summed E-state index contributed by atoms with van der Waals surface area (Å²) in [5, 5.41) is 3.70. The maximum absolute atomic E-state index is 11.9. The molecule has 2 aromatic carbocycles. The average Bonchev–Trinajstić information content (AvgIpc) is 2.44. The maximum Gasteiger partial charge on any atom is 0.262 e. The lowest BCUT2D eigenvalue weighted by Gasteiger charge is -2.11. The first-order chi connectivity index (χ1) is 10.4. The molecule has 0 aliphatic carbocycles. The lowest BCUT2D eigenvalue weighted by Crippen LogP contribution is -2.20. The highest BCUT2D eigenvalue weighted by Gasteiger charge is 2.10. The Bertz CT molecular complexity index is 722. The van der Waals surface area contributed by atoms with Gasteiger partial charge in [0.05, 0.1) is 15.1 Å². The van der Waals surface area contributed by atoms with Crippen molar-refractivity contribution < 1.29 is 9.53 Å². The fraction of sp³-hybridized carbons (Fsp3) is 0.133. The van der Waals surface area contributed by atoms with Gasteiger partial charge in [-0.3, -0.25) is 4.79 Å². The molecule has 0 atom stereocenters. The fourth-order valence-electron chi connectivity index (χ4n) is 1.71. The Morgan fingerprint density at radius 1 is 1.14 bits per heavy atom. The Labute approximate surface area is 151 Å². The van der Waals surface area contributed by atoms with Crippen LogP contribution in [0.2, 0.25) is 15.1 Å². The third-order valence-corrected chi connectivity index (χ3v) is 4.31. The van der Waals surface area contributed by atoms with Crippen LogP contribution in [0, 0.1) is 6.92 Å². The van der Waals surface area contributed by atoms with E-state index in [0.29, 0.717) is 20.8 Å². The summed E-state index contributed by atoms with van der Waals surface area (Å²) in [5.41, 5.74) is 1.66. The Morgan fingerprint density at radius 3 is 2.50 bits per heavy atom. The highest BCUT2D eigenvalue weighted by atomic mass is 79.9. The van der Waals surface area contributed by atoms with Crippen molar-refractivity contribution >= 4 is 62.3 Å². The van der Waals surface area contributed by atoms with Gasteiger partial charge in [0, 0.05) is 16.2 Å². The van der Waals surface area contributed by atoms with E-state index in [9.17, 15) is 4.79 Å². The molecule has 0 heterocycles. The number of benzene rings is 2. The van der Waals surface area contributed by atoms with E-state index in [1.165, 1.54) is 12.1 Å². The normalized spacial score (nSPS) is 10.4. The van der Waals surface area contributed by atoms with E-state index in [-0.39, 0.29) is 12.5 Å². The minimum Gasteiger partial charge on any atom is -0.482 e. The molecule has 0 aliphatic heterocycles. The van der Waals surface area contributed by atoms with Crippen LogP contribution in [0.1, 0.15) is 5.56 Å². The number of carbonyl (C=O) groups is 1. The molecule has 1 amide bonds. The standard InChI is InChI=1S/C15H11BrCl3NO2/c1-8-4-9(16)2-3-13(8)20-15(21)7-22-14-6-11(18)10(17)5-12(14)19/h2-6H,7H2,1H3,(H,20,21). The highest BCUT2D eigenvalue weighted by molar-refractivity contribution is 9.10. The summed E-state index contributed by atoms with van der Waals surface area (Å²) >= 11 is 21.1. The van der Waals surface area contributed by atoms with Gasteiger partial charge in [0.15, 0.2) is 6.61 Å². The van der Waals surface area contributed by atoms with Gasteiger partial charge in [-0.05, 0) is 36.8 Å². The van der Waals surface area contributed by atoms with Crippen molar-refractivity contribution in [3.63, 3.8) is 0 Å². The largest absolute Gasteiger partial charge is 0.482 e. The number of amides is 1. The highest BCUT2D eigenvalue weighted by Crippen LogP contribution is 2.33. The summed E-state index contributed by atoms with van der Waals surface area (Å²) in [4.78, 5) is 11.9. The minimum absolute atomic E-state index is 0.187. The second-order valence-electron chi connectivity index (χ2n) is 4.49. The van der Waals surface area contributed by atoms with Crippen LogP contribution in [-0.2, 0) is 4.79 Å². The minimum atomic E-state index is -0.299. The number of carbonyl (C=O) groups excluding carboxylic acids is 1. The molecule has 0 fully saturated rings. The maximum atomic E-state index is 11.9. The van der Waals surface area contributed by atoms with Crippen LogP contribution in [0.15, 0.2) is 34.8 Å². The van der Waals surface area contributed by atoms with Crippen molar-refractivity contribution in [3.05, 3.63) is 55.4 Å². The molecule has 116 valence electrons. The third kappa shape index (κ3) is 4.53. The van der Waals surface area contributed by atoms with Crippen LogP contribution in [0.3, 0.4) is 0 Å². The Morgan fingerprint density at radius 2 is 1.82 bits per heavy atom. The molecule has 22 heavy (non-hydrogen) atoms. The van der Waals surface area contributed by atoms with Crippen molar-refractivity contribution in [2.24, 2.45) is 0 Å². The van der Waals surface area contributed by atoms with Crippen molar-refractivity contribution in [2.45, 2.75) is 6.92 Å². The van der Waals surface area contributed by atoms with E-state index in [1.807, 2.05) is 25.1 Å². The van der Waals surface area contributed by atoms with E-state index < -0.39 is 0 Å². The van der Waals surface area contributed by atoms with Gasteiger partial charge in [0.2, 0.25) is 0 Å². The number of anilines is 1. The van der Waals surface area contributed by atoms with Crippen LogP contribution >= 0.6 is 50.7 Å². The first-order valence-electron chi connectivity index (χ1n) is 6.20. The quantitative estimate of drug-likeness (QED) is 0.638. The molecule has 2 aromatic rings. The number of aryl methyl sites for hydroxylation is 1. The summed E-state index contributed by atoms with van der Waals surface area (Å²) in [6.45, 7) is 1.71. The van der Waals surface area contributed by atoms with Gasteiger partial charge >= 0.3 is 0 Å². The second kappa shape index (κ2) is 7.55. The summed E-state index contributed by atoms with van der Waals surface area (Å²) in [6, 6.07) is 8.51. The number of rotatable bonds is 4. The lowest BCUT2D eigenvalue weighted by molar-refractivity contribution is -0.118. The van der Waals surface area contributed by atoms with Gasteiger partial charge in [-0.15, -0.1) is 0 Å². The zero-order valence-electron chi connectivity index (χ0n) is 11.4. The van der Waals surface area contributed by atoms with Crippen LogP contribution in [0.5, 0.6) is 5.75 Å². The smallest absolute Gasteiger partial charge is 0.262 e. The van der Waals surface area contributed by atoms with E-state index in [0.717, 1.165) is 15.7 Å². The first-order valence-corrected chi connectivity index (χ1v) is 8.13. The van der Waals surface area contributed by atoms with Gasteiger partial charge in [-0.1, -0.05) is 50.7 Å². The fourth-order valence-corrected chi connectivity index (χ4v) is 2.78. The van der Waals surface area contributed by atoms with Gasteiger partial charge in [-0.2, -0.15) is 0 Å². The van der Waals surface area contributed by atoms with Crippen molar-refractivity contribution in [3.8, 4) is 5.75 Å². The molecule has 0 aliphatic rings. The average molecular weight is 424 g/mol. The number of hydrogen-bond acceptors (Lipinski definition) is 2. The monoisotopic (exact) mass is 421 g/mol. The van der Waals surface area contributed by atoms with Crippen molar-refractivity contribution in [1.29, 1.82) is 0 Å². The van der Waals surface area contributed by atoms with Gasteiger partial charge < -0.3 is 10.1 Å². The first kappa shape index (κ1) is 17.4. The van der Waals surface area contributed by atoms with Crippen molar-refractivity contribution in [1.82, 2.24) is 0 Å². The number of ether oxygens (including phenoxy) is 1. The van der Waals surface area contributed by atoms with Crippen LogP contribution in [0.4, 0.5) is 5.69 Å². The van der Waals surface area contributed by atoms with Crippen LogP contribution in [-0.4, -0.2) is 12.5 Å². The molecule has 0 saturated heterocycles. The third-order valence-electron chi connectivity index (χ3n) is 2.80. The van der Waals surface area contributed by atoms with Gasteiger partial charge in [0.25, 0.3) is 5.91 Å². The predicted octanol–water partition coefficient (Wildman–Crippen LogP) is 5.74. The molecule has 2 rings (SSSR count). The Balaban J connectivity index is 2.00. The molecule has 0 unspecified atom stereocenters. The number of hydrogen-bond donors (Lipinski definition) is 1. The second-order valence-corrected chi connectivity index (χ2v) is 6.63. The van der Waals surface area contributed by atoms with E-state index >= 15 is 0 Å². The number of nitrogens with one attached hydrogen (secondary N) is 1. The van der Waals surface area contributed by atoms with Gasteiger partial charge in [0.1, 0.15) is 5.75 Å². The summed E-state index contributed by atoms with van der Waals surface area (Å²) in [5.74, 6) is 0.00584. The molecule has 0 bridgehead atoms. The molecule has 0 saturated carbocycles. The molecular formula is C15H11BrCl3NO2. The zero-order valence-corrected chi connectivity index (χ0v) is 15.3. The Hall–Kier alpha value is -0.940. The molecule has 3 nitrogen and oxygen atoms in total. The van der Waals surface area contributed by atoms with E-state index in [1.54, 1.807) is 0 Å². The summed E-state index contributed by atoms with van der Waals surface area (Å²) in [7, 11) is 0. The SMILES string of the molecule is Cc1cc(Br)ccc1NC(=O)COc1cc(Cl)c(Cl)cc1Cl. The number of halogens is 4. The predicted molar refractivity (Wildman–Crippen MR) is 94.5 cm³/mol. The van der Waals surface area contributed by atoms with Gasteiger partial charge in [-0.25, -0.2) is 0 Å².